The van der Waals surface area contributed by atoms with Crippen LogP contribution >= 0.6 is 0 Å². The van der Waals surface area contributed by atoms with E-state index in [1.165, 1.54) is 0 Å². The SMILES string of the molecule is COc1cc2c(cc1OC)[C@H]1O[C@@H]3c4cc(OC)c(OC)cc4OC(C)(C)[C@@H]3[C@H]1C(C)(C)O2. The third kappa shape index (κ3) is 3.12. The molecule has 0 radical (unpaired) electrons. The molecule has 33 heavy (non-hydrogen) atoms. The largest absolute Gasteiger partial charge is 0.493 e. The molecule has 2 aromatic carbocycles. The van der Waals surface area contributed by atoms with E-state index in [-0.39, 0.29) is 24.0 Å². The van der Waals surface area contributed by atoms with Gasteiger partial charge in [0.25, 0.3) is 0 Å². The number of fused-ring (bicyclic) bond motifs is 7. The van der Waals surface area contributed by atoms with Gasteiger partial charge in [0, 0.05) is 35.1 Å². The fourth-order valence-corrected chi connectivity index (χ4v) is 5.91. The van der Waals surface area contributed by atoms with Crippen LogP contribution in [0.2, 0.25) is 0 Å². The van der Waals surface area contributed by atoms with Gasteiger partial charge in [-0.15, -0.1) is 0 Å². The summed E-state index contributed by atoms with van der Waals surface area (Å²) in [5, 5.41) is 0. The van der Waals surface area contributed by atoms with Gasteiger partial charge in [0.2, 0.25) is 0 Å². The summed E-state index contributed by atoms with van der Waals surface area (Å²) >= 11 is 0. The molecule has 0 bridgehead atoms. The number of ether oxygens (including phenoxy) is 7. The van der Waals surface area contributed by atoms with E-state index < -0.39 is 11.2 Å². The van der Waals surface area contributed by atoms with Gasteiger partial charge >= 0.3 is 0 Å². The molecular formula is C26H32O7. The quantitative estimate of drug-likeness (QED) is 0.634. The number of hydrogen-bond acceptors (Lipinski definition) is 7. The van der Waals surface area contributed by atoms with E-state index in [2.05, 4.69) is 27.7 Å². The summed E-state index contributed by atoms with van der Waals surface area (Å²) in [6.45, 7) is 8.49. The van der Waals surface area contributed by atoms with Crippen LogP contribution in [0, 0.1) is 11.8 Å². The molecule has 0 aromatic heterocycles. The zero-order chi connectivity index (χ0) is 23.7. The van der Waals surface area contributed by atoms with Crippen molar-refractivity contribution in [3.8, 4) is 34.5 Å². The summed E-state index contributed by atoms with van der Waals surface area (Å²) in [7, 11) is 6.52. The molecule has 7 nitrogen and oxygen atoms in total. The normalized spacial score (nSPS) is 27.6. The second kappa shape index (κ2) is 7.35. The first-order chi connectivity index (χ1) is 15.6. The first-order valence-corrected chi connectivity index (χ1v) is 11.2. The van der Waals surface area contributed by atoms with E-state index in [0.29, 0.717) is 23.0 Å². The number of hydrogen-bond donors (Lipinski definition) is 0. The molecule has 0 N–H and O–H groups in total. The third-order valence-corrected chi connectivity index (χ3v) is 7.33. The van der Waals surface area contributed by atoms with Crippen LogP contribution in [-0.4, -0.2) is 39.6 Å². The molecule has 1 saturated heterocycles. The van der Waals surface area contributed by atoms with Crippen LogP contribution in [0.1, 0.15) is 51.0 Å². The molecule has 2 aromatic rings. The van der Waals surface area contributed by atoms with Crippen molar-refractivity contribution < 1.29 is 33.2 Å². The molecular weight excluding hydrogens is 424 g/mol. The Hall–Kier alpha value is -2.80. The zero-order valence-corrected chi connectivity index (χ0v) is 20.5. The summed E-state index contributed by atoms with van der Waals surface area (Å²) in [6.07, 6.45) is -0.388. The maximum atomic E-state index is 6.89. The molecule has 0 unspecified atom stereocenters. The Labute approximate surface area is 194 Å². The highest BCUT2D eigenvalue weighted by Gasteiger charge is 2.63. The minimum atomic E-state index is -0.495. The first-order valence-electron chi connectivity index (χ1n) is 11.2. The summed E-state index contributed by atoms with van der Waals surface area (Å²) in [6, 6.07) is 7.73. The highest BCUT2D eigenvalue weighted by atomic mass is 16.6. The lowest BCUT2D eigenvalue weighted by Gasteiger charge is -2.48. The van der Waals surface area contributed by atoms with E-state index in [0.717, 1.165) is 22.6 Å². The average molecular weight is 457 g/mol. The molecule has 0 aliphatic carbocycles. The van der Waals surface area contributed by atoms with Crippen LogP contribution in [0.5, 0.6) is 34.5 Å². The lowest BCUT2D eigenvalue weighted by atomic mass is 9.65. The molecule has 4 atom stereocenters. The molecule has 7 heteroatoms. The van der Waals surface area contributed by atoms with E-state index in [1.807, 2.05) is 24.3 Å². The van der Waals surface area contributed by atoms with Crippen molar-refractivity contribution in [1.82, 2.24) is 0 Å². The minimum absolute atomic E-state index is 0.0457. The van der Waals surface area contributed by atoms with Gasteiger partial charge in [-0.05, 0) is 39.8 Å². The van der Waals surface area contributed by atoms with Gasteiger partial charge in [-0.2, -0.15) is 0 Å². The van der Waals surface area contributed by atoms with Gasteiger partial charge in [0.15, 0.2) is 23.0 Å². The minimum Gasteiger partial charge on any atom is -0.493 e. The van der Waals surface area contributed by atoms with Crippen molar-refractivity contribution in [2.45, 2.75) is 51.1 Å². The molecule has 0 spiro atoms. The number of rotatable bonds is 4. The van der Waals surface area contributed by atoms with Gasteiger partial charge < -0.3 is 33.2 Å². The molecule has 3 aliphatic heterocycles. The number of methoxy groups -OCH3 is 4. The van der Waals surface area contributed by atoms with Crippen molar-refractivity contribution in [2.75, 3.05) is 28.4 Å². The van der Waals surface area contributed by atoms with Crippen LogP contribution in [0.15, 0.2) is 24.3 Å². The predicted molar refractivity (Wildman–Crippen MR) is 122 cm³/mol. The Morgan fingerprint density at radius 2 is 0.909 bits per heavy atom. The fraction of sp³-hybridized carbons (Fsp3) is 0.538. The second-order valence-electron chi connectivity index (χ2n) is 9.93. The highest BCUT2D eigenvalue weighted by Crippen LogP contribution is 2.65. The van der Waals surface area contributed by atoms with E-state index in [1.54, 1.807) is 28.4 Å². The van der Waals surface area contributed by atoms with Gasteiger partial charge in [0.1, 0.15) is 22.7 Å². The van der Waals surface area contributed by atoms with Gasteiger partial charge in [-0.1, -0.05) is 0 Å². The summed E-state index contributed by atoms with van der Waals surface area (Å²) in [5.41, 5.74) is 0.935. The van der Waals surface area contributed by atoms with Gasteiger partial charge in [0.05, 0.1) is 40.6 Å². The van der Waals surface area contributed by atoms with Crippen LogP contribution in [0.4, 0.5) is 0 Å². The molecule has 0 amide bonds. The Balaban J connectivity index is 1.68. The summed E-state index contributed by atoms with van der Waals surface area (Å²) in [4.78, 5) is 0. The van der Waals surface area contributed by atoms with E-state index >= 15 is 0 Å². The lowest BCUT2D eigenvalue weighted by molar-refractivity contribution is -0.0691. The average Bonchev–Trinajstić information content (AvgIpc) is 3.20. The maximum absolute atomic E-state index is 6.89. The molecule has 3 heterocycles. The molecule has 178 valence electrons. The highest BCUT2D eigenvalue weighted by molar-refractivity contribution is 5.56. The standard InChI is InChI=1S/C26H32O7/c1-25(2)21-22-24(14-10-18(28-6)20(30-8)12-16(14)33-26(22,3)4)31-23(21)13-9-17(27-5)19(29-7)11-15(13)32-25/h9-12,21-24H,1-8H3/t21-,22-,23-,24-/m1/s1. The van der Waals surface area contributed by atoms with Crippen LogP contribution < -0.4 is 28.4 Å². The third-order valence-electron chi connectivity index (χ3n) is 7.33. The fourth-order valence-electron chi connectivity index (χ4n) is 5.91. The maximum Gasteiger partial charge on any atom is 0.164 e. The van der Waals surface area contributed by atoms with E-state index in [4.69, 9.17) is 33.2 Å². The van der Waals surface area contributed by atoms with Crippen LogP contribution in [-0.2, 0) is 4.74 Å². The molecule has 3 aliphatic rings. The second-order valence-corrected chi connectivity index (χ2v) is 9.93. The van der Waals surface area contributed by atoms with Gasteiger partial charge in [-0.3, -0.25) is 0 Å². The summed E-state index contributed by atoms with van der Waals surface area (Å²) < 4.78 is 42.2. The molecule has 1 fully saturated rings. The zero-order valence-electron chi connectivity index (χ0n) is 20.5. The smallest absolute Gasteiger partial charge is 0.164 e. The van der Waals surface area contributed by atoms with Crippen molar-refractivity contribution in [3.63, 3.8) is 0 Å². The van der Waals surface area contributed by atoms with Crippen molar-refractivity contribution in [1.29, 1.82) is 0 Å². The summed E-state index contributed by atoms with van der Waals surface area (Å²) in [5.74, 6) is 4.16. The van der Waals surface area contributed by atoms with Crippen molar-refractivity contribution in [2.24, 2.45) is 11.8 Å². The van der Waals surface area contributed by atoms with Gasteiger partial charge in [-0.25, -0.2) is 0 Å². The van der Waals surface area contributed by atoms with Crippen LogP contribution in [0.3, 0.4) is 0 Å². The van der Waals surface area contributed by atoms with Crippen LogP contribution in [0.25, 0.3) is 0 Å². The Kier molecular flexibility index (Phi) is 4.90. The van der Waals surface area contributed by atoms with Crippen molar-refractivity contribution >= 4 is 0 Å². The van der Waals surface area contributed by atoms with E-state index in [9.17, 15) is 0 Å². The topological polar surface area (TPSA) is 64.6 Å². The Bertz CT molecular complexity index is 1010. The van der Waals surface area contributed by atoms with Crippen molar-refractivity contribution in [3.05, 3.63) is 35.4 Å². The first kappa shape index (κ1) is 22.0. The monoisotopic (exact) mass is 456 g/mol. The Morgan fingerprint density at radius 1 is 0.576 bits per heavy atom. The Morgan fingerprint density at radius 3 is 1.24 bits per heavy atom. The molecule has 5 rings (SSSR count). The molecule has 0 saturated carbocycles. The predicted octanol–water partition coefficient (Wildman–Crippen LogP) is 5.11. The number of benzene rings is 2. The lowest BCUT2D eigenvalue weighted by Crippen LogP contribution is -2.53.